The van der Waals surface area contributed by atoms with Crippen LogP contribution < -0.4 is 0 Å². The van der Waals surface area contributed by atoms with Crippen molar-refractivity contribution in [2.24, 2.45) is 23.7 Å². The van der Waals surface area contributed by atoms with Crippen LogP contribution in [-0.2, 0) is 5.41 Å². The van der Waals surface area contributed by atoms with Gasteiger partial charge in [0.2, 0.25) is 0 Å². The summed E-state index contributed by atoms with van der Waals surface area (Å²) >= 11 is 0. The van der Waals surface area contributed by atoms with Gasteiger partial charge in [0.25, 0.3) is 0 Å². The topological polar surface area (TPSA) is 43.6 Å². The summed E-state index contributed by atoms with van der Waals surface area (Å²) in [5, 5.41) is 2.40. The molecule has 4 fully saturated rings. The Bertz CT molecular complexity index is 2720. The van der Waals surface area contributed by atoms with Crippen LogP contribution in [0.25, 0.3) is 72.8 Å². The first-order chi connectivity index (χ1) is 26.2. The standard InChI is InChI=1S/C49H38N4/c1-3-12-32(13-4-1)46-50-47(52-48(51-46)41-19-11-18-40-39-17-8-10-21-44(39)53(45(40)41)36-14-5-2-6-15-36)33-22-23-38-37-16-7-9-20-42(37)49(43(38)29-33)34-25-30-24-31(27-34)28-35(49)26-30/h1-23,29-31,34-35H,24-28H2. The summed E-state index contributed by atoms with van der Waals surface area (Å²) in [5.74, 6) is 5.30. The second kappa shape index (κ2) is 11.1. The van der Waals surface area contributed by atoms with E-state index >= 15 is 0 Å². The summed E-state index contributed by atoms with van der Waals surface area (Å²) < 4.78 is 2.37. The number of aromatic nitrogens is 4. The van der Waals surface area contributed by atoms with Gasteiger partial charge in [-0.05, 0) is 108 Å². The van der Waals surface area contributed by atoms with Gasteiger partial charge in [-0.1, -0.05) is 115 Å². The highest BCUT2D eigenvalue weighted by Gasteiger charge is 2.61. The molecule has 6 aromatic carbocycles. The second-order valence-electron chi connectivity index (χ2n) is 16.0. The Morgan fingerprint density at radius 3 is 1.85 bits per heavy atom. The summed E-state index contributed by atoms with van der Waals surface area (Å²) in [6.07, 6.45) is 6.89. The monoisotopic (exact) mass is 682 g/mol. The van der Waals surface area contributed by atoms with E-state index < -0.39 is 0 Å². The molecule has 0 N–H and O–H groups in total. The molecule has 0 aliphatic heterocycles. The van der Waals surface area contributed by atoms with Crippen molar-refractivity contribution >= 4 is 21.8 Å². The fourth-order valence-electron chi connectivity index (χ4n) is 11.7. The average molecular weight is 683 g/mol. The van der Waals surface area contributed by atoms with Crippen LogP contribution in [0.3, 0.4) is 0 Å². The highest BCUT2D eigenvalue weighted by atomic mass is 15.0. The van der Waals surface area contributed by atoms with Crippen LogP contribution in [0.1, 0.15) is 43.2 Å². The normalized spacial score (nSPS) is 23.5. The molecule has 2 aromatic heterocycles. The molecule has 53 heavy (non-hydrogen) atoms. The number of fused-ring (bicyclic) bond motifs is 6. The summed E-state index contributed by atoms with van der Waals surface area (Å²) in [6, 6.07) is 52.7. The molecule has 5 aliphatic rings. The van der Waals surface area contributed by atoms with Crippen LogP contribution in [0.15, 0.2) is 146 Å². The van der Waals surface area contributed by atoms with Crippen molar-refractivity contribution in [2.45, 2.75) is 37.5 Å². The molecule has 5 aliphatic carbocycles. The van der Waals surface area contributed by atoms with Crippen LogP contribution >= 0.6 is 0 Å². The molecule has 0 saturated heterocycles. The Kier molecular flexibility index (Phi) is 6.20. The van der Waals surface area contributed by atoms with Crippen LogP contribution in [0, 0.1) is 23.7 Å². The van der Waals surface area contributed by atoms with Gasteiger partial charge in [-0.3, -0.25) is 0 Å². The number of rotatable bonds is 4. The lowest BCUT2D eigenvalue weighted by molar-refractivity contribution is -0.0399. The van der Waals surface area contributed by atoms with E-state index in [2.05, 4.69) is 144 Å². The first-order valence-electron chi connectivity index (χ1n) is 19.4. The maximum absolute atomic E-state index is 5.42. The minimum absolute atomic E-state index is 0.0791. The molecule has 4 saturated carbocycles. The van der Waals surface area contributed by atoms with Gasteiger partial charge in [0.1, 0.15) is 0 Å². The largest absolute Gasteiger partial charge is 0.309 e. The van der Waals surface area contributed by atoms with E-state index in [9.17, 15) is 0 Å². The number of hydrogen-bond acceptors (Lipinski definition) is 3. The minimum atomic E-state index is 0.0791. The predicted octanol–water partition coefficient (Wildman–Crippen LogP) is 11.7. The molecule has 4 bridgehead atoms. The fourth-order valence-corrected chi connectivity index (χ4v) is 11.7. The summed E-state index contributed by atoms with van der Waals surface area (Å²) in [5.41, 5.74) is 12.4. The van der Waals surface area contributed by atoms with E-state index in [4.69, 9.17) is 15.0 Å². The molecule has 4 nitrogen and oxygen atoms in total. The fraction of sp³-hybridized carbons (Fsp3) is 0.204. The van der Waals surface area contributed by atoms with Gasteiger partial charge >= 0.3 is 0 Å². The van der Waals surface area contributed by atoms with E-state index in [1.165, 1.54) is 59.6 Å². The molecule has 0 amide bonds. The highest BCUT2D eigenvalue weighted by molar-refractivity contribution is 6.13. The predicted molar refractivity (Wildman–Crippen MR) is 214 cm³/mol. The van der Waals surface area contributed by atoms with Crippen LogP contribution in [0.2, 0.25) is 0 Å². The lowest BCUT2D eigenvalue weighted by Gasteiger charge is -2.61. The Morgan fingerprint density at radius 1 is 0.453 bits per heavy atom. The Hall–Kier alpha value is -5.87. The maximum atomic E-state index is 5.42. The summed E-state index contributed by atoms with van der Waals surface area (Å²) in [6.45, 7) is 0. The Morgan fingerprint density at radius 2 is 1.06 bits per heavy atom. The Labute approximate surface area is 309 Å². The number of benzene rings is 6. The lowest BCUT2D eigenvalue weighted by atomic mass is 9.43. The Balaban J connectivity index is 1.10. The second-order valence-corrected chi connectivity index (χ2v) is 16.0. The third-order valence-corrected chi connectivity index (χ3v) is 13.4. The average Bonchev–Trinajstić information content (AvgIpc) is 3.71. The number of nitrogens with zero attached hydrogens (tertiary/aromatic N) is 4. The van der Waals surface area contributed by atoms with Gasteiger partial charge in [-0.2, -0.15) is 0 Å². The quantitative estimate of drug-likeness (QED) is 0.186. The van der Waals surface area contributed by atoms with E-state index in [-0.39, 0.29) is 5.41 Å². The minimum Gasteiger partial charge on any atom is -0.309 e. The molecular formula is C49H38N4. The van der Waals surface area contributed by atoms with Crippen molar-refractivity contribution in [3.8, 4) is 51.0 Å². The SMILES string of the molecule is c1ccc(-c2nc(-c3ccc4c(c3)C3(c5ccccc5-4)C4CC5CC(C4)CC3C5)nc(-c3cccc4c5ccccc5n(-c5ccccc5)c34)n2)cc1. The van der Waals surface area contributed by atoms with Crippen molar-refractivity contribution in [1.29, 1.82) is 0 Å². The first-order valence-corrected chi connectivity index (χ1v) is 19.4. The van der Waals surface area contributed by atoms with Crippen molar-refractivity contribution in [1.82, 2.24) is 19.5 Å². The van der Waals surface area contributed by atoms with E-state index in [1.54, 1.807) is 5.56 Å². The van der Waals surface area contributed by atoms with Crippen molar-refractivity contribution < 1.29 is 0 Å². The van der Waals surface area contributed by atoms with Gasteiger partial charge in [-0.15, -0.1) is 0 Å². The molecule has 0 radical (unpaired) electrons. The van der Waals surface area contributed by atoms with Crippen LogP contribution in [-0.4, -0.2) is 19.5 Å². The molecule has 254 valence electrons. The van der Waals surface area contributed by atoms with E-state index in [0.717, 1.165) is 51.1 Å². The molecule has 1 spiro atoms. The number of para-hydroxylation sites is 3. The van der Waals surface area contributed by atoms with Crippen molar-refractivity contribution in [3.05, 3.63) is 157 Å². The van der Waals surface area contributed by atoms with Gasteiger partial charge in [0.15, 0.2) is 17.5 Å². The van der Waals surface area contributed by atoms with Gasteiger partial charge in [-0.25, -0.2) is 15.0 Å². The van der Waals surface area contributed by atoms with Gasteiger partial charge < -0.3 is 4.57 Å². The molecule has 8 aromatic rings. The third kappa shape index (κ3) is 4.15. The summed E-state index contributed by atoms with van der Waals surface area (Å²) in [4.78, 5) is 16.0. The summed E-state index contributed by atoms with van der Waals surface area (Å²) in [7, 11) is 0. The lowest BCUT2D eigenvalue weighted by Crippen LogP contribution is -2.55. The molecule has 4 heteroatoms. The van der Waals surface area contributed by atoms with Crippen molar-refractivity contribution in [2.75, 3.05) is 0 Å². The zero-order valence-electron chi connectivity index (χ0n) is 29.5. The van der Waals surface area contributed by atoms with Gasteiger partial charge in [0.05, 0.1) is 11.0 Å². The molecule has 0 unspecified atom stereocenters. The van der Waals surface area contributed by atoms with Crippen LogP contribution in [0.5, 0.6) is 0 Å². The zero-order valence-corrected chi connectivity index (χ0v) is 29.5. The molecule has 13 rings (SSSR count). The third-order valence-electron chi connectivity index (χ3n) is 13.4. The number of hydrogen-bond donors (Lipinski definition) is 0. The van der Waals surface area contributed by atoms with E-state index in [1.807, 2.05) is 6.07 Å². The molecule has 0 atom stereocenters. The van der Waals surface area contributed by atoms with E-state index in [0.29, 0.717) is 23.5 Å². The smallest absolute Gasteiger partial charge is 0.166 e. The zero-order chi connectivity index (χ0) is 34.7. The molecular weight excluding hydrogens is 645 g/mol. The highest BCUT2D eigenvalue weighted by Crippen LogP contribution is 2.69. The van der Waals surface area contributed by atoms with Gasteiger partial charge in [0, 0.05) is 38.6 Å². The maximum Gasteiger partial charge on any atom is 0.166 e. The first kappa shape index (κ1) is 29.7. The molecule has 2 heterocycles. The van der Waals surface area contributed by atoms with Crippen LogP contribution in [0.4, 0.5) is 0 Å². The van der Waals surface area contributed by atoms with Crippen molar-refractivity contribution in [3.63, 3.8) is 0 Å².